The molecule has 0 spiro atoms. The summed E-state index contributed by atoms with van der Waals surface area (Å²) in [5, 5.41) is 0. The second-order valence-electron chi connectivity index (χ2n) is 4.33. The highest BCUT2D eigenvalue weighted by molar-refractivity contribution is 7.89. The van der Waals surface area contributed by atoms with Gasteiger partial charge in [0, 0.05) is 12.1 Å². The molecule has 0 unspecified atom stereocenters. The lowest BCUT2D eigenvalue weighted by Gasteiger charge is -2.34. The molecule has 3 N–H and O–H groups in total. The molecule has 0 heterocycles. The SMILES string of the molecule is CC1(NS(=O)(=O)CCN)CCCCC1. The van der Waals surface area contributed by atoms with Crippen molar-refractivity contribution in [2.24, 2.45) is 5.73 Å². The Kier molecular flexibility index (Phi) is 3.92. The van der Waals surface area contributed by atoms with Crippen molar-refractivity contribution >= 4 is 10.0 Å². The molecule has 0 saturated heterocycles. The first-order valence-electron chi connectivity index (χ1n) is 5.19. The Labute approximate surface area is 86.3 Å². The van der Waals surface area contributed by atoms with Gasteiger partial charge in [0.1, 0.15) is 0 Å². The highest BCUT2D eigenvalue weighted by Crippen LogP contribution is 2.28. The molecule has 14 heavy (non-hydrogen) atoms. The summed E-state index contributed by atoms with van der Waals surface area (Å²) < 4.78 is 25.8. The van der Waals surface area contributed by atoms with Crippen molar-refractivity contribution in [1.29, 1.82) is 0 Å². The molecule has 0 amide bonds. The van der Waals surface area contributed by atoms with E-state index in [-0.39, 0.29) is 17.8 Å². The average Bonchev–Trinajstić information content (AvgIpc) is 2.02. The lowest BCUT2D eigenvalue weighted by molar-refractivity contribution is 0.294. The van der Waals surface area contributed by atoms with E-state index in [1.54, 1.807) is 0 Å². The van der Waals surface area contributed by atoms with Crippen LogP contribution in [0.15, 0.2) is 0 Å². The van der Waals surface area contributed by atoms with Crippen molar-refractivity contribution in [3.05, 3.63) is 0 Å². The van der Waals surface area contributed by atoms with Crippen molar-refractivity contribution in [3.63, 3.8) is 0 Å². The molecular formula is C9H20N2O2S. The molecule has 0 aromatic carbocycles. The Balaban J connectivity index is 2.57. The third-order valence-electron chi connectivity index (χ3n) is 2.75. The van der Waals surface area contributed by atoms with Crippen LogP contribution in [0, 0.1) is 0 Å². The molecule has 0 bridgehead atoms. The maximum Gasteiger partial charge on any atom is 0.213 e. The molecule has 1 aliphatic rings. The Morgan fingerprint density at radius 1 is 1.29 bits per heavy atom. The minimum Gasteiger partial charge on any atom is -0.329 e. The first-order valence-corrected chi connectivity index (χ1v) is 6.84. The van der Waals surface area contributed by atoms with Crippen LogP contribution in [0.5, 0.6) is 0 Å². The predicted molar refractivity (Wildman–Crippen MR) is 57.5 cm³/mol. The fraction of sp³-hybridized carbons (Fsp3) is 1.00. The van der Waals surface area contributed by atoms with E-state index in [1.807, 2.05) is 6.92 Å². The zero-order valence-electron chi connectivity index (χ0n) is 8.75. The summed E-state index contributed by atoms with van der Waals surface area (Å²) in [7, 11) is -3.16. The van der Waals surface area contributed by atoms with Crippen molar-refractivity contribution in [1.82, 2.24) is 4.72 Å². The van der Waals surface area contributed by atoms with E-state index in [2.05, 4.69) is 4.72 Å². The molecule has 1 aliphatic carbocycles. The predicted octanol–water partition coefficient (Wildman–Crippen LogP) is 0.587. The van der Waals surface area contributed by atoms with Gasteiger partial charge in [0.25, 0.3) is 0 Å². The van der Waals surface area contributed by atoms with E-state index >= 15 is 0 Å². The number of sulfonamides is 1. The summed E-state index contributed by atoms with van der Waals surface area (Å²) in [6.45, 7) is 2.17. The molecule has 0 aliphatic heterocycles. The first-order chi connectivity index (χ1) is 6.47. The van der Waals surface area contributed by atoms with Crippen LogP contribution in [-0.4, -0.2) is 26.3 Å². The summed E-state index contributed by atoms with van der Waals surface area (Å²) in [5.74, 6) is 0.0303. The summed E-state index contributed by atoms with van der Waals surface area (Å²) in [6, 6.07) is 0. The van der Waals surface area contributed by atoms with Crippen LogP contribution in [0.25, 0.3) is 0 Å². The molecule has 1 rings (SSSR count). The molecule has 1 saturated carbocycles. The summed E-state index contributed by atoms with van der Waals surface area (Å²) in [6.07, 6.45) is 5.32. The van der Waals surface area contributed by atoms with Crippen LogP contribution in [-0.2, 0) is 10.0 Å². The second kappa shape index (κ2) is 4.59. The maximum atomic E-state index is 11.5. The second-order valence-corrected chi connectivity index (χ2v) is 6.17. The Morgan fingerprint density at radius 2 is 1.86 bits per heavy atom. The van der Waals surface area contributed by atoms with Crippen LogP contribution < -0.4 is 10.5 Å². The Hall–Kier alpha value is -0.130. The van der Waals surface area contributed by atoms with E-state index < -0.39 is 10.0 Å². The minimum absolute atomic E-state index is 0.0303. The number of nitrogens with two attached hydrogens (primary N) is 1. The molecular weight excluding hydrogens is 200 g/mol. The Bertz CT molecular complexity index is 269. The topological polar surface area (TPSA) is 72.2 Å². The molecule has 84 valence electrons. The van der Waals surface area contributed by atoms with Gasteiger partial charge in [0.05, 0.1) is 5.75 Å². The van der Waals surface area contributed by atoms with Gasteiger partial charge >= 0.3 is 0 Å². The fourth-order valence-corrected chi connectivity index (χ4v) is 3.38. The van der Waals surface area contributed by atoms with Gasteiger partial charge in [0.2, 0.25) is 10.0 Å². The van der Waals surface area contributed by atoms with E-state index in [0.717, 1.165) is 25.7 Å². The zero-order chi connectivity index (χ0) is 10.7. The van der Waals surface area contributed by atoms with Crippen LogP contribution in [0.3, 0.4) is 0 Å². The van der Waals surface area contributed by atoms with E-state index in [0.29, 0.717) is 0 Å². The average molecular weight is 220 g/mol. The summed E-state index contributed by atoms with van der Waals surface area (Å²) in [5.41, 5.74) is 5.01. The van der Waals surface area contributed by atoms with E-state index in [9.17, 15) is 8.42 Å². The van der Waals surface area contributed by atoms with Gasteiger partial charge in [-0.15, -0.1) is 0 Å². The van der Waals surface area contributed by atoms with Crippen molar-refractivity contribution in [2.75, 3.05) is 12.3 Å². The lowest BCUT2D eigenvalue weighted by atomic mass is 9.84. The van der Waals surface area contributed by atoms with Crippen molar-refractivity contribution in [3.8, 4) is 0 Å². The summed E-state index contributed by atoms with van der Waals surface area (Å²) in [4.78, 5) is 0. The molecule has 0 radical (unpaired) electrons. The quantitative estimate of drug-likeness (QED) is 0.728. The van der Waals surface area contributed by atoms with E-state index in [4.69, 9.17) is 5.73 Å². The molecule has 5 heteroatoms. The lowest BCUT2D eigenvalue weighted by Crippen LogP contribution is -2.48. The molecule has 0 atom stereocenters. The molecule has 0 aromatic heterocycles. The van der Waals surface area contributed by atoms with Gasteiger partial charge in [0.15, 0.2) is 0 Å². The van der Waals surface area contributed by atoms with Crippen molar-refractivity contribution in [2.45, 2.75) is 44.6 Å². The van der Waals surface area contributed by atoms with Gasteiger partial charge in [-0.25, -0.2) is 13.1 Å². The molecule has 1 fully saturated rings. The Morgan fingerprint density at radius 3 is 2.36 bits per heavy atom. The standard InChI is InChI=1S/C9H20N2O2S/c1-9(5-3-2-4-6-9)11-14(12,13)8-7-10/h11H,2-8,10H2,1H3. The number of nitrogens with one attached hydrogen (secondary N) is 1. The molecule has 0 aromatic rings. The normalized spacial score (nSPS) is 22.1. The highest BCUT2D eigenvalue weighted by atomic mass is 32.2. The fourth-order valence-electron chi connectivity index (χ4n) is 2.02. The number of hydrogen-bond acceptors (Lipinski definition) is 3. The van der Waals surface area contributed by atoms with Crippen LogP contribution in [0.4, 0.5) is 0 Å². The molecule has 4 nitrogen and oxygen atoms in total. The highest BCUT2D eigenvalue weighted by Gasteiger charge is 2.30. The van der Waals surface area contributed by atoms with E-state index in [1.165, 1.54) is 6.42 Å². The zero-order valence-corrected chi connectivity index (χ0v) is 9.57. The smallest absolute Gasteiger partial charge is 0.213 e. The van der Waals surface area contributed by atoms with Gasteiger partial charge in [-0.3, -0.25) is 0 Å². The van der Waals surface area contributed by atoms with Crippen molar-refractivity contribution < 1.29 is 8.42 Å². The third-order valence-corrected chi connectivity index (χ3v) is 4.32. The summed E-state index contributed by atoms with van der Waals surface area (Å²) >= 11 is 0. The van der Waals surface area contributed by atoms with Gasteiger partial charge in [-0.05, 0) is 19.8 Å². The van der Waals surface area contributed by atoms with Crippen LogP contribution in [0.1, 0.15) is 39.0 Å². The minimum atomic E-state index is -3.16. The third kappa shape index (κ3) is 3.55. The number of rotatable bonds is 4. The monoisotopic (exact) mass is 220 g/mol. The number of hydrogen-bond donors (Lipinski definition) is 2. The van der Waals surface area contributed by atoms with Crippen LogP contribution >= 0.6 is 0 Å². The van der Waals surface area contributed by atoms with Crippen LogP contribution in [0.2, 0.25) is 0 Å². The van der Waals surface area contributed by atoms with Gasteiger partial charge in [-0.2, -0.15) is 0 Å². The largest absolute Gasteiger partial charge is 0.329 e. The van der Waals surface area contributed by atoms with Gasteiger partial charge in [-0.1, -0.05) is 19.3 Å². The van der Waals surface area contributed by atoms with Gasteiger partial charge < -0.3 is 5.73 Å². The maximum absolute atomic E-state index is 11.5. The first kappa shape index (κ1) is 11.9.